The van der Waals surface area contributed by atoms with Crippen molar-refractivity contribution in [3.8, 4) is 0 Å². The van der Waals surface area contributed by atoms with E-state index in [0.717, 1.165) is 12.6 Å². The Morgan fingerprint density at radius 1 is 1.29 bits per heavy atom. The minimum Gasteiger partial charge on any atom is -0.329 e. The Morgan fingerprint density at radius 2 is 1.94 bits per heavy atom. The van der Waals surface area contributed by atoms with Crippen LogP contribution in [0.3, 0.4) is 0 Å². The van der Waals surface area contributed by atoms with Crippen molar-refractivity contribution < 1.29 is 8.78 Å². The smallest absolute Gasteiger partial charge is 0.163 e. The van der Waals surface area contributed by atoms with Gasteiger partial charge in [-0.05, 0) is 19.0 Å². The number of nitrogens with zero attached hydrogens (tertiary/aromatic N) is 1. The van der Waals surface area contributed by atoms with Gasteiger partial charge in [0, 0.05) is 24.7 Å². The summed E-state index contributed by atoms with van der Waals surface area (Å²) in [4.78, 5) is 1.96. The van der Waals surface area contributed by atoms with Gasteiger partial charge in [-0.1, -0.05) is 26.0 Å². The molecule has 0 aliphatic carbocycles. The first-order valence-corrected chi connectivity index (χ1v) is 5.81. The molecular weight excluding hydrogens is 222 g/mol. The standard InChI is InChI=1S/C13H20F2N2/c1-9(2)8-17(3)12(7-16)10-5-4-6-11(14)13(10)15/h4-6,9,12H,7-8,16H2,1-3H3. The summed E-state index contributed by atoms with van der Waals surface area (Å²) in [6.07, 6.45) is 0. The quantitative estimate of drug-likeness (QED) is 0.859. The molecule has 0 aromatic heterocycles. The average Bonchev–Trinajstić information content (AvgIpc) is 2.24. The Morgan fingerprint density at radius 3 is 2.47 bits per heavy atom. The molecule has 96 valence electrons. The first-order valence-electron chi connectivity index (χ1n) is 5.81. The third kappa shape index (κ3) is 3.48. The molecule has 0 fully saturated rings. The highest BCUT2D eigenvalue weighted by molar-refractivity contribution is 5.23. The van der Waals surface area contributed by atoms with Crippen LogP contribution in [0, 0.1) is 17.6 Å². The predicted molar refractivity (Wildman–Crippen MR) is 65.6 cm³/mol. The van der Waals surface area contributed by atoms with Gasteiger partial charge in [0.05, 0.1) is 0 Å². The molecule has 0 saturated heterocycles. The molecule has 0 spiro atoms. The largest absolute Gasteiger partial charge is 0.329 e. The highest BCUT2D eigenvalue weighted by Crippen LogP contribution is 2.23. The maximum absolute atomic E-state index is 13.7. The third-order valence-electron chi connectivity index (χ3n) is 2.75. The molecule has 1 aromatic carbocycles. The van der Waals surface area contributed by atoms with Crippen molar-refractivity contribution in [3.05, 3.63) is 35.4 Å². The number of nitrogens with two attached hydrogens (primary N) is 1. The highest BCUT2D eigenvalue weighted by atomic mass is 19.2. The van der Waals surface area contributed by atoms with Gasteiger partial charge in [-0.3, -0.25) is 4.90 Å². The number of halogens is 2. The van der Waals surface area contributed by atoms with E-state index in [4.69, 9.17) is 5.73 Å². The number of hydrogen-bond donors (Lipinski definition) is 1. The molecule has 2 N–H and O–H groups in total. The predicted octanol–water partition coefficient (Wildman–Crippen LogP) is 2.55. The van der Waals surface area contributed by atoms with Gasteiger partial charge >= 0.3 is 0 Å². The van der Waals surface area contributed by atoms with Crippen LogP contribution >= 0.6 is 0 Å². The van der Waals surface area contributed by atoms with E-state index >= 15 is 0 Å². The Hall–Kier alpha value is -1.00. The van der Waals surface area contributed by atoms with Gasteiger partial charge in [-0.15, -0.1) is 0 Å². The molecule has 1 aromatic rings. The lowest BCUT2D eigenvalue weighted by atomic mass is 10.0. The van der Waals surface area contributed by atoms with Crippen LogP contribution in [0.4, 0.5) is 8.78 Å². The topological polar surface area (TPSA) is 29.3 Å². The molecule has 0 heterocycles. The summed E-state index contributed by atoms with van der Waals surface area (Å²) in [5, 5.41) is 0. The van der Waals surface area contributed by atoms with Crippen LogP contribution in [-0.4, -0.2) is 25.0 Å². The van der Waals surface area contributed by atoms with Crippen molar-refractivity contribution in [3.63, 3.8) is 0 Å². The molecule has 1 rings (SSSR count). The second-order valence-electron chi connectivity index (χ2n) is 4.73. The van der Waals surface area contributed by atoms with Crippen molar-refractivity contribution in [2.24, 2.45) is 11.7 Å². The fourth-order valence-corrected chi connectivity index (χ4v) is 2.03. The Balaban J connectivity index is 2.97. The fraction of sp³-hybridized carbons (Fsp3) is 0.538. The zero-order chi connectivity index (χ0) is 13.0. The Bertz CT molecular complexity index is 366. The first-order chi connectivity index (χ1) is 7.97. The summed E-state index contributed by atoms with van der Waals surface area (Å²) < 4.78 is 26.8. The normalized spacial score (nSPS) is 13.4. The maximum Gasteiger partial charge on any atom is 0.163 e. The van der Waals surface area contributed by atoms with Crippen molar-refractivity contribution in [1.29, 1.82) is 0 Å². The van der Waals surface area contributed by atoms with E-state index in [1.54, 1.807) is 6.07 Å². The van der Waals surface area contributed by atoms with Gasteiger partial charge in [0.25, 0.3) is 0 Å². The number of rotatable bonds is 5. The zero-order valence-corrected chi connectivity index (χ0v) is 10.6. The summed E-state index contributed by atoms with van der Waals surface area (Å²) >= 11 is 0. The van der Waals surface area contributed by atoms with Crippen LogP contribution in [-0.2, 0) is 0 Å². The lowest BCUT2D eigenvalue weighted by molar-refractivity contribution is 0.218. The van der Waals surface area contributed by atoms with Crippen LogP contribution in [0.25, 0.3) is 0 Å². The van der Waals surface area contributed by atoms with E-state index < -0.39 is 11.6 Å². The van der Waals surface area contributed by atoms with E-state index in [1.807, 2.05) is 11.9 Å². The van der Waals surface area contributed by atoms with E-state index in [0.29, 0.717) is 11.5 Å². The highest BCUT2D eigenvalue weighted by Gasteiger charge is 2.21. The molecule has 0 bridgehead atoms. The molecule has 1 atom stereocenters. The van der Waals surface area contributed by atoms with E-state index in [9.17, 15) is 8.78 Å². The molecule has 0 saturated carbocycles. The molecule has 0 amide bonds. The van der Waals surface area contributed by atoms with Crippen molar-refractivity contribution in [2.45, 2.75) is 19.9 Å². The number of likely N-dealkylation sites (N-methyl/N-ethyl adjacent to an activating group) is 1. The van der Waals surface area contributed by atoms with E-state index in [-0.39, 0.29) is 12.6 Å². The molecule has 17 heavy (non-hydrogen) atoms. The number of benzene rings is 1. The summed E-state index contributed by atoms with van der Waals surface area (Å²) in [6.45, 7) is 5.21. The van der Waals surface area contributed by atoms with Crippen LogP contribution in [0.1, 0.15) is 25.5 Å². The van der Waals surface area contributed by atoms with Gasteiger partial charge in [0.1, 0.15) is 0 Å². The molecule has 1 unspecified atom stereocenters. The summed E-state index contributed by atoms with van der Waals surface area (Å²) in [7, 11) is 1.88. The summed E-state index contributed by atoms with van der Waals surface area (Å²) in [5.74, 6) is -1.16. The van der Waals surface area contributed by atoms with Gasteiger partial charge in [-0.2, -0.15) is 0 Å². The van der Waals surface area contributed by atoms with Crippen LogP contribution < -0.4 is 5.73 Å². The molecule has 2 nitrogen and oxygen atoms in total. The molecular formula is C13H20F2N2. The monoisotopic (exact) mass is 242 g/mol. The minimum absolute atomic E-state index is 0.267. The van der Waals surface area contributed by atoms with E-state index in [1.165, 1.54) is 6.07 Å². The van der Waals surface area contributed by atoms with Gasteiger partial charge in [-0.25, -0.2) is 8.78 Å². The lowest BCUT2D eigenvalue weighted by Gasteiger charge is -2.29. The Labute approximate surface area is 101 Å². The van der Waals surface area contributed by atoms with Gasteiger partial charge in [0.2, 0.25) is 0 Å². The van der Waals surface area contributed by atoms with Crippen LogP contribution in [0.2, 0.25) is 0 Å². The fourth-order valence-electron chi connectivity index (χ4n) is 2.03. The SMILES string of the molecule is CC(C)CN(C)C(CN)c1cccc(F)c1F. The van der Waals surface area contributed by atoms with Crippen molar-refractivity contribution in [1.82, 2.24) is 4.90 Å². The maximum atomic E-state index is 13.7. The van der Waals surface area contributed by atoms with Crippen molar-refractivity contribution >= 4 is 0 Å². The first kappa shape index (κ1) is 14.1. The number of hydrogen-bond acceptors (Lipinski definition) is 2. The molecule has 4 heteroatoms. The lowest BCUT2D eigenvalue weighted by Crippen LogP contribution is -2.33. The Kier molecular flexibility index (Phi) is 5.02. The molecule has 0 aliphatic heterocycles. The second kappa shape index (κ2) is 6.07. The second-order valence-corrected chi connectivity index (χ2v) is 4.73. The van der Waals surface area contributed by atoms with Gasteiger partial charge in [0.15, 0.2) is 11.6 Å². The molecule has 0 aliphatic rings. The van der Waals surface area contributed by atoms with Crippen LogP contribution in [0.5, 0.6) is 0 Å². The third-order valence-corrected chi connectivity index (χ3v) is 2.75. The molecule has 0 radical (unpaired) electrons. The summed E-state index contributed by atoms with van der Waals surface area (Å²) in [6, 6.07) is 3.94. The zero-order valence-electron chi connectivity index (χ0n) is 10.6. The average molecular weight is 242 g/mol. The van der Waals surface area contributed by atoms with E-state index in [2.05, 4.69) is 13.8 Å². The van der Waals surface area contributed by atoms with Gasteiger partial charge < -0.3 is 5.73 Å². The van der Waals surface area contributed by atoms with Crippen molar-refractivity contribution in [2.75, 3.05) is 20.1 Å². The van der Waals surface area contributed by atoms with Crippen LogP contribution in [0.15, 0.2) is 18.2 Å². The summed E-state index contributed by atoms with van der Waals surface area (Å²) in [5.41, 5.74) is 6.00. The minimum atomic E-state index is -0.820.